The van der Waals surface area contributed by atoms with Gasteiger partial charge in [-0.3, -0.25) is 4.79 Å². The first-order valence-electron chi connectivity index (χ1n) is 6.27. The van der Waals surface area contributed by atoms with Crippen molar-refractivity contribution < 1.29 is 13.9 Å². The number of fused-ring (bicyclic) bond motifs is 1. The van der Waals surface area contributed by atoms with Crippen molar-refractivity contribution in [3.05, 3.63) is 54.0 Å². The zero-order valence-electron chi connectivity index (χ0n) is 10.9. The Hall–Kier alpha value is -2.14. The van der Waals surface area contributed by atoms with Gasteiger partial charge in [0.05, 0.1) is 12.3 Å². The van der Waals surface area contributed by atoms with Gasteiger partial charge in [0, 0.05) is 19.0 Å². The molecule has 1 atom stereocenters. The number of ketones is 1. The van der Waals surface area contributed by atoms with Gasteiger partial charge in [-0.15, -0.1) is 0 Å². The van der Waals surface area contributed by atoms with Gasteiger partial charge in [-0.25, -0.2) is 0 Å². The molecule has 0 saturated heterocycles. The number of carbonyl (C=O) groups is 1. The van der Waals surface area contributed by atoms with Gasteiger partial charge in [0.1, 0.15) is 5.75 Å². The maximum absolute atomic E-state index is 12.2. The molecule has 2 aromatic rings. The van der Waals surface area contributed by atoms with Crippen LogP contribution in [0.2, 0.25) is 0 Å². The van der Waals surface area contributed by atoms with E-state index in [-0.39, 0.29) is 11.8 Å². The van der Waals surface area contributed by atoms with E-state index in [0.29, 0.717) is 23.1 Å². The third kappa shape index (κ3) is 2.20. The summed E-state index contributed by atoms with van der Waals surface area (Å²) in [6, 6.07) is 10.9. The van der Waals surface area contributed by atoms with Crippen LogP contribution in [0.3, 0.4) is 0 Å². The number of nitrogens with zero attached hydrogens (tertiary/aromatic N) is 1. The van der Waals surface area contributed by atoms with E-state index >= 15 is 0 Å². The number of ether oxygens (including phenoxy) is 1. The van der Waals surface area contributed by atoms with Crippen LogP contribution in [0, 0.1) is 0 Å². The van der Waals surface area contributed by atoms with Crippen LogP contribution in [-0.2, 0) is 0 Å². The van der Waals surface area contributed by atoms with Crippen LogP contribution in [0.4, 0.5) is 0 Å². The quantitative estimate of drug-likeness (QED) is 0.640. The lowest BCUT2D eigenvalue weighted by Gasteiger charge is -2.35. The number of para-hydroxylation sites is 1. The molecule has 4 nitrogen and oxygen atoms in total. The number of furan rings is 1. The van der Waals surface area contributed by atoms with Crippen molar-refractivity contribution in [1.29, 1.82) is 0 Å². The first-order valence-corrected chi connectivity index (χ1v) is 6.68. The zero-order valence-corrected chi connectivity index (χ0v) is 11.7. The standard InChI is InChI=1S/C15H13NO3S/c1-16-11(9-12(17)14-7-4-8-18-14)10-5-2-3-6-13(10)19-15(16)20/h2-8,11H,9H2,1H3. The first kappa shape index (κ1) is 12.9. The second-order valence-corrected chi connectivity index (χ2v) is 4.99. The van der Waals surface area contributed by atoms with Gasteiger partial charge < -0.3 is 14.1 Å². The van der Waals surface area contributed by atoms with Crippen LogP contribution in [0.15, 0.2) is 47.1 Å². The summed E-state index contributed by atoms with van der Waals surface area (Å²) in [4.78, 5) is 14.0. The lowest BCUT2D eigenvalue weighted by molar-refractivity contribution is 0.0920. The van der Waals surface area contributed by atoms with E-state index in [9.17, 15) is 4.79 Å². The summed E-state index contributed by atoms with van der Waals surface area (Å²) in [6.07, 6.45) is 1.80. The average Bonchev–Trinajstić information content (AvgIpc) is 2.98. The minimum atomic E-state index is -0.134. The van der Waals surface area contributed by atoms with Crippen LogP contribution in [-0.4, -0.2) is 22.9 Å². The van der Waals surface area contributed by atoms with Crippen molar-refractivity contribution in [2.24, 2.45) is 0 Å². The SMILES string of the molecule is CN1C(=S)Oc2ccccc2C1CC(=O)c1ccco1. The van der Waals surface area contributed by atoms with Gasteiger partial charge in [-0.2, -0.15) is 0 Å². The Morgan fingerprint density at radius 1 is 1.30 bits per heavy atom. The molecule has 0 radical (unpaired) electrons. The minimum Gasteiger partial charge on any atom is -0.461 e. The molecular formula is C15H13NO3S. The minimum absolute atomic E-state index is 0.0497. The summed E-state index contributed by atoms with van der Waals surface area (Å²) < 4.78 is 10.7. The van der Waals surface area contributed by atoms with Crippen molar-refractivity contribution in [3.8, 4) is 5.75 Å². The van der Waals surface area contributed by atoms with E-state index in [1.54, 1.807) is 17.0 Å². The molecule has 1 aromatic heterocycles. The Kier molecular flexibility index (Phi) is 3.28. The predicted molar refractivity (Wildman–Crippen MR) is 77.8 cm³/mol. The fourth-order valence-corrected chi connectivity index (χ4v) is 2.53. The van der Waals surface area contributed by atoms with E-state index in [2.05, 4.69) is 0 Å². The van der Waals surface area contributed by atoms with Gasteiger partial charge in [0.15, 0.2) is 11.5 Å². The fourth-order valence-electron chi connectivity index (χ4n) is 2.31. The lowest BCUT2D eigenvalue weighted by Crippen LogP contribution is -2.38. The Bertz CT molecular complexity index is 651. The molecule has 0 aliphatic carbocycles. The summed E-state index contributed by atoms with van der Waals surface area (Å²) in [7, 11) is 1.83. The van der Waals surface area contributed by atoms with E-state index in [1.807, 2.05) is 31.3 Å². The molecule has 0 bridgehead atoms. The van der Waals surface area contributed by atoms with Crippen molar-refractivity contribution in [2.45, 2.75) is 12.5 Å². The molecule has 0 amide bonds. The normalized spacial score (nSPS) is 17.6. The maximum atomic E-state index is 12.2. The lowest BCUT2D eigenvalue weighted by atomic mass is 9.97. The molecule has 20 heavy (non-hydrogen) atoms. The number of hydrogen-bond donors (Lipinski definition) is 0. The number of hydrogen-bond acceptors (Lipinski definition) is 4. The van der Waals surface area contributed by atoms with E-state index < -0.39 is 0 Å². The van der Waals surface area contributed by atoms with Crippen LogP contribution in [0.5, 0.6) is 5.75 Å². The molecule has 0 saturated carbocycles. The Morgan fingerprint density at radius 3 is 2.85 bits per heavy atom. The van der Waals surface area contributed by atoms with Crippen LogP contribution in [0.25, 0.3) is 0 Å². The molecule has 5 heteroatoms. The zero-order chi connectivity index (χ0) is 14.1. The van der Waals surface area contributed by atoms with Gasteiger partial charge in [0.2, 0.25) is 0 Å². The Labute approximate surface area is 121 Å². The highest BCUT2D eigenvalue weighted by molar-refractivity contribution is 7.80. The molecule has 2 heterocycles. The molecule has 1 aromatic carbocycles. The van der Waals surface area contributed by atoms with Crippen LogP contribution < -0.4 is 4.74 Å². The topological polar surface area (TPSA) is 42.7 Å². The van der Waals surface area contributed by atoms with Gasteiger partial charge in [-0.05, 0) is 30.4 Å². The van der Waals surface area contributed by atoms with Crippen molar-refractivity contribution in [3.63, 3.8) is 0 Å². The summed E-state index contributed by atoms with van der Waals surface area (Å²) in [5.41, 5.74) is 0.962. The summed E-state index contributed by atoms with van der Waals surface area (Å²) in [6.45, 7) is 0. The summed E-state index contributed by atoms with van der Waals surface area (Å²) >= 11 is 5.20. The highest BCUT2D eigenvalue weighted by Crippen LogP contribution is 2.36. The fraction of sp³-hybridized carbons (Fsp3) is 0.200. The maximum Gasteiger partial charge on any atom is 0.265 e. The van der Waals surface area contributed by atoms with E-state index in [1.165, 1.54) is 6.26 Å². The molecule has 3 rings (SSSR count). The number of benzene rings is 1. The molecule has 0 N–H and O–H groups in total. The third-order valence-electron chi connectivity index (χ3n) is 3.41. The first-order chi connectivity index (χ1) is 9.66. The second kappa shape index (κ2) is 5.09. The molecular weight excluding hydrogens is 274 g/mol. The van der Waals surface area contributed by atoms with Gasteiger partial charge in [0.25, 0.3) is 5.17 Å². The van der Waals surface area contributed by atoms with E-state index in [4.69, 9.17) is 21.4 Å². The summed E-state index contributed by atoms with van der Waals surface area (Å²) in [5, 5.41) is 0.376. The van der Waals surface area contributed by atoms with Crippen molar-refractivity contribution in [1.82, 2.24) is 4.90 Å². The average molecular weight is 287 g/mol. The number of thiocarbonyl (C=S) groups is 1. The monoisotopic (exact) mass is 287 g/mol. The van der Waals surface area contributed by atoms with Crippen LogP contribution >= 0.6 is 12.2 Å². The Balaban J connectivity index is 1.91. The number of carbonyl (C=O) groups excluding carboxylic acids is 1. The molecule has 1 aliphatic rings. The Morgan fingerprint density at radius 2 is 2.10 bits per heavy atom. The van der Waals surface area contributed by atoms with E-state index in [0.717, 1.165) is 5.56 Å². The molecule has 1 aliphatic heterocycles. The molecule has 0 fully saturated rings. The third-order valence-corrected chi connectivity index (χ3v) is 3.78. The highest BCUT2D eigenvalue weighted by atomic mass is 32.1. The molecule has 102 valence electrons. The van der Waals surface area contributed by atoms with Crippen molar-refractivity contribution >= 4 is 23.2 Å². The smallest absolute Gasteiger partial charge is 0.265 e. The van der Waals surface area contributed by atoms with Gasteiger partial charge >= 0.3 is 0 Å². The van der Waals surface area contributed by atoms with Crippen molar-refractivity contribution in [2.75, 3.05) is 7.05 Å². The molecule has 0 spiro atoms. The highest BCUT2D eigenvalue weighted by Gasteiger charge is 2.31. The summed E-state index contributed by atoms with van der Waals surface area (Å²) in [5.74, 6) is 1.03. The predicted octanol–water partition coefficient (Wildman–Crippen LogP) is 3.20. The van der Waals surface area contributed by atoms with Gasteiger partial charge in [-0.1, -0.05) is 18.2 Å². The second-order valence-electron chi connectivity index (χ2n) is 4.64. The number of rotatable bonds is 3. The largest absolute Gasteiger partial charge is 0.461 e. The van der Waals surface area contributed by atoms with Crippen LogP contribution in [0.1, 0.15) is 28.6 Å². The number of Topliss-reactive ketones (excluding diaryl/α,β-unsaturated/α-hetero) is 1. The molecule has 1 unspecified atom stereocenters.